The molecule has 0 radical (unpaired) electrons. The lowest BCUT2D eigenvalue weighted by molar-refractivity contribution is 0.389. The van der Waals surface area contributed by atoms with Gasteiger partial charge in [0.2, 0.25) is 0 Å². The second-order valence-corrected chi connectivity index (χ2v) is 4.83. The highest BCUT2D eigenvalue weighted by Gasteiger charge is 2.21. The highest BCUT2D eigenvalue weighted by atomic mass is 15.1. The van der Waals surface area contributed by atoms with Crippen LogP contribution in [0.1, 0.15) is 32.3 Å². The van der Waals surface area contributed by atoms with E-state index in [9.17, 15) is 0 Å². The van der Waals surface area contributed by atoms with Crippen LogP contribution in [-0.4, -0.2) is 19.6 Å². The van der Waals surface area contributed by atoms with E-state index < -0.39 is 0 Å². The predicted octanol–water partition coefficient (Wildman–Crippen LogP) is 3.19. The van der Waals surface area contributed by atoms with Crippen molar-refractivity contribution in [2.75, 3.05) is 18.5 Å². The van der Waals surface area contributed by atoms with Crippen molar-refractivity contribution in [3.8, 4) is 0 Å². The van der Waals surface area contributed by atoms with Gasteiger partial charge in [0.15, 0.2) is 0 Å². The first-order valence-electron chi connectivity index (χ1n) is 6.63. The van der Waals surface area contributed by atoms with Gasteiger partial charge < -0.3 is 10.6 Å². The lowest BCUT2D eigenvalue weighted by Gasteiger charge is -2.34. The fourth-order valence-corrected chi connectivity index (χ4v) is 2.54. The van der Waals surface area contributed by atoms with Gasteiger partial charge in [-0.3, -0.25) is 0 Å². The smallest absolute Gasteiger partial charge is 0.0437 e. The Morgan fingerprint density at radius 2 is 1.88 bits per heavy atom. The van der Waals surface area contributed by atoms with E-state index in [2.05, 4.69) is 57.0 Å². The number of likely N-dealkylation sites (N-methyl/N-ethyl adjacent to an activating group) is 1. The summed E-state index contributed by atoms with van der Waals surface area (Å²) in [5, 5.41) is 0. The van der Waals surface area contributed by atoms with Crippen LogP contribution in [-0.2, 0) is 0 Å². The molecule has 0 saturated carbocycles. The van der Waals surface area contributed by atoms with Gasteiger partial charge in [-0.15, -0.1) is 0 Å². The van der Waals surface area contributed by atoms with Crippen LogP contribution < -0.4 is 10.6 Å². The molecule has 0 aromatic heterocycles. The summed E-state index contributed by atoms with van der Waals surface area (Å²) in [6.45, 7) is 7.35. The highest BCUT2D eigenvalue weighted by molar-refractivity contribution is 5.48. The molecule has 2 heteroatoms. The van der Waals surface area contributed by atoms with Crippen LogP contribution in [0, 0.1) is 12.8 Å². The minimum atomic E-state index is 0.437. The Morgan fingerprint density at radius 1 is 1.24 bits per heavy atom. The molecule has 0 heterocycles. The molecule has 0 aliphatic heterocycles. The number of aryl methyl sites for hydroxylation is 1. The Labute approximate surface area is 106 Å². The zero-order chi connectivity index (χ0) is 12.8. The summed E-state index contributed by atoms with van der Waals surface area (Å²) < 4.78 is 0. The first-order valence-corrected chi connectivity index (χ1v) is 6.63. The van der Waals surface area contributed by atoms with Crippen molar-refractivity contribution in [2.24, 2.45) is 11.7 Å². The molecule has 1 aromatic rings. The summed E-state index contributed by atoms with van der Waals surface area (Å²) in [6, 6.07) is 9.07. The minimum absolute atomic E-state index is 0.437. The lowest BCUT2D eigenvalue weighted by Crippen LogP contribution is -2.43. The molecule has 0 bridgehead atoms. The second kappa shape index (κ2) is 6.65. The van der Waals surface area contributed by atoms with Gasteiger partial charge in [0.25, 0.3) is 0 Å². The quantitative estimate of drug-likeness (QED) is 0.819. The van der Waals surface area contributed by atoms with Crippen LogP contribution >= 0.6 is 0 Å². The molecule has 2 N–H and O–H groups in total. The lowest BCUT2D eigenvalue weighted by atomic mass is 9.92. The summed E-state index contributed by atoms with van der Waals surface area (Å²) in [7, 11) is 2.16. The second-order valence-electron chi connectivity index (χ2n) is 4.83. The van der Waals surface area contributed by atoms with Gasteiger partial charge in [0, 0.05) is 25.3 Å². The van der Waals surface area contributed by atoms with Gasteiger partial charge in [-0.2, -0.15) is 0 Å². The van der Waals surface area contributed by atoms with Crippen LogP contribution in [0.15, 0.2) is 24.3 Å². The fourth-order valence-electron chi connectivity index (χ4n) is 2.54. The summed E-state index contributed by atoms with van der Waals surface area (Å²) in [5.74, 6) is 0.672. The molecule has 2 nitrogen and oxygen atoms in total. The van der Waals surface area contributed by atoms with Crippen LogP contribution in [0.3, 0.4) is 0 Å². The highest BCUT2D eigenvalue weighted by Crippen LogP contribution is 2.23. The summed E-state index contributed by atoms with van der Waals surface area (Å²) >= 11 is 0. The van der Waals surface area contributed by atoms with E-state index in [-0.39, 0.29) is 0 Å². The number of rotatable bonds is 6. The average Bonchev–Trinajstić information content (AvgIpc) is 2.35. The van der Waals surface area contributed by atoms with Crippen LogP contribution in [0.2, 0.25) is 0 Å². The third-order valence-electron chi connectivity index (χ3n) is 3.74. The van der Waals surface area contributed by atoms with E-state index in [1.807, 2.05) is 0 Å². The number of nitrogens with zero attached hydrogens (tertiary/aromatic N) is 1. The SMILES string of the molecule is CCC(CC)C(CN)N(C)c1cccc(C)c1. The molecule has 1 atom stereocenters. The fraction of sp³-hybridized carbons (Fsp3) is 0.600. The number of hydrogen-bond donors (Lipinski definition) is 1. The molecular weight excluding hydrogens is 208 g/mol. The Balaban J connectivity index is 2.88. The van der Waals surface area contributed by atoms with Gasteiger partial charge >= 0.3 is 0 Å². The third-order valence-corrected chi connectivity index (χ3v) is 3.74. The Bertz CT molecular complexity index is 331. The van der Waals surface area contributed by atoms with Gasteiger partial charge in [-0.25, -0.2) is 0 Å². The van der Waals surface area contributed by atoms with Crippen LogP contribution in [0.4, 0.5) is 5.69 Å². The molecule has 96 valence electrons. The van der Waals surface area contributed by atoms with Gasteiger partial charge in [0.1, 0.15) is 0 Å². The minimum Gasteiger partial charge on any atom is -0.370 e. The molecule has 0 spiro atoms. The third kappa shape index (κ3) is 3.47. The zero-order valence-corrected chi connectivity index (χ0v) is 11.6. The largest absolute Gasteiger partial charge is 0.370 e. The molecule has 0 fully saturated rings. The molecule has 1 rings (SSSR count). The maximum absolute atomic E-state index is 5.96. The number of hydrogen-bond acceptors (Lipinski definition) is 2. The maximum atomic E-state index is 5.96. The first kappa shape index (κ1) is 14.0. The molecule has 1 unspecified atom stereocenters. The van der Waals surface area contributed by atoms with Crippen LogP contribution in [0.25, 0.3) is 0 Å². The van der Waals surface area contributed by atoms with Crippen molar-refractivity contribution >= 4 is 5.69 Å². The van der Waals surface area contributed by atoms with Gasteiger partial charge in [-0.05, 0) is 30.5 Å². The molecule has 0 aliphatic carbocycles. The van der Waals surface area contributed by atoms with Crippen molar-refractivity contribution < 1.29 is 0 Å². The standard InChI is InChI=1S/C15H26N2/c1-5-13(6-2)15(11-16)17(4)14-9-7-8-12(3)10-14/h7-10,13,15H,5-6,11,16H2,1-4H3. The maximum Gasteiger partial charge on any atom is 0.0437 e. The van der Waals surface area contributed by atoms with E-state index in [4.69, 9.17) is 5.73 Å². The molecule has 1 aromatic carbocycles. The predicted molar refractivity (Wildman–Crippen MR) is 76.5 cm³/mol. The number of nitrogens with two attached hydrogens (primary N) is 1. The van der Waals surface area contributed by atoms with Crippen LogP contribution in [0.5, 0.6) is 0 Å². The van der Waals surface area contributed by atoms with E-state index in [0.717, 1.165) is 6.54 Å². The van der Waals surface area contributed by atoms with Gasteiger partial charge in [0.05, 0.1) is 0 Å². The topological polar surface area (TPSA) is 29.3 Å². The average molecular weight is 234 g/mol. The Kier molecular flexibility index (Phi) is 5.49. The zero-order valence-electron chi connectivity index (χ0n) is 11.6. The summed E-state index contributed by atoms with van der Waals surface area (Å²) in [4.78, 5) is 2.34. The normalized spacial score (nSPS) is 12.8. The number of anilines is 1. The van der Waals surface area contributed by atoms with Gasteiger partial charge in [-0.1, -0.05) is 38.8 Å². The first-order chi connectivity index (χ1) is 8.13. The Hall–Kier alpha value is -1.02. The monoisotopic (exact) mass is 234 g/mol. The Morgan fingerprint density at radius 3 is 2.35 bits per heavy atom. The summed E-state index contributed by atoms with van der Waals surface area (Å²) in [5.41, 5.74) is 8.53. The van der Waals surface area contributed by atoms with Crippen molar-refractivity contribution in [1.82, 2.24) is 0 Å². The molecule has 0 aliphatic rings. The van der Waals surface area contributed by atoms with E-state index in [0.29, 0.717) is 12.0 Å². The van der Waals surface area contributed by atoms with Crippen molar-refractivity contribution in [3.05, 3.63) is 29.8 Å². The number of benzene rings is 1. The van der Waals surface area contributed by atoms with Crippen molar-refractivity contribution in [2.45, 2.75) is 39.7 Å². The molecular formula is C15H26N2. The molecule has 0 amide bonds. The van der Waals surface area contributed by atoms with E-state index in [1.54, 1.807) is 0 Å². The van der Waals surface area contributed by atoms with E-state index >= 15 is 0 Å². The van der Waals surface area contributed by atoms with Crippen molar-refractivity contribution in [1.29, 1.82) is 0 Å². The van der Waals surface area contributed by atoms with Crippen molar-refractivity contribution in [3.63, 3.8) is 0 Å². The van der Waals surface area contributed by atoms with E-state index in [1.165, 1.54) is 24.1 Å². The molecule has 0 saturated heterocycles. The molecule has 17 heavy (non-hydrogen) atoms. The summed E-state index contributed by atoms with van der Waals surface area (Å²) in [6.07, 6.45) is 2.38.